The molecule has 0 aromatic heterocycles. The summed E-state index contributed by atoms with van der Waals surface area (Å²) in [7, 11) is -3.88. The number of sulfonamides is 1. The van der Waals surface area contributed by atoms with Crippen molar-refractivity contribution in [2.45, 2.75) is 38.1 Å². The number of hydrogen-bond acceptors (Lipinski definition) is 5. The fraction of sp³-hybridized carbons (Fsp3) is 0.417. The Morgan fingerprint density at radius 3 is 2.27 bits per heavy atom. The Morgan fingerprint density at radius 1 is 1.03 bits per heavy atom. The molecule has 2 amide bonds. The molecule has 0 bridgehead atoms. The van der Waals surface area contributed by atoms with Crippen LogP contribution in [0.15, 0.2) is 53.4 Å². The van der Waals surface area contributed by atoms with Crippen LogP contribution in [0.2, 0.25) is 0 Å². The van der Waals surface area contributed by atoms with Gasteiger partial charge >= 0.3 is 0 Å². The molecule has 1 heterocycles. The van der Waals surface area contributed by atoms with E-state index < -0.39 is 16.1 Å². The van der Waals surface area contributed by atoms with Gasteiger partial charge in [-0.05, 0) is 36.1 Å². The number of aromatic hydroxyl groups is 1. The number of carbonyl (C=O) groups is 2. The average molecular weight is 474 g/mol. The van der Waals surface area contributed by atoms with Gasteiger partial charge in [-0.1, -0.05) is 50.2 Å². The van der Waals surface area contributed by atoms with Crippen molar-refractivity contribution in [3.05, 3.63) is 59.7 Å². The van der Waals surface area contributed by atoms with Crippen molar-refractivity contribution in [3.8, 4) is 5.75 Å². The van der Waals surface area contributed by atoms with Gasteiger partial charge in [-0.25, -0.2) is 8.42 Å². The van der Waals surface area contributed by atoms with Crippen LogP contribution in [0.4, 0.5) is 0 Å². The van der Waals surface area contributed by atoms with Crippen molar-refractivity contribution < 1.29 is 23.1 Å². The summed E-state index contributed by atoms with van der Waals surface area (Å²) in [6.07, 6.45) is 0.184. The summed E-state index contributed by atoms with van der Waals surface area (Å²) >= 11 is 0. The molecule has 1 atom stereocenters. The molecule has 0 spiro atoms. The second kappa shape index (κ2) is 10.4. The third kappa shape index (κ3) is 5.91. The van der Waals surface area contributed by atoms with Crippen molar-refractivity contribution in [1.29, 1.82) is 0 Å². The molecule has 2 aromatic carbocycles. The highest BCUT2D eigenvalue weighted by Crippen LogP contribution is 2.27. The number of piperazine rings is 1. The Bertz CT molecular complexity index is 1090. The van der Waals surface area contributed by atoms with Crippen molar-refractivity contribution in [1.82, 2.24) is 14.5 Å². The van der Waals surface area contributed by atoms with E-state index in [0.717, 1.165) is 11.1 Å². The normalized spacial score (nSPS) is 15.9. The number of aryl methyl sites for hydroxylation is 1. The highest BCUT2D eigenvalue weighted by atomic mass is 32.2. The molecule has 1 aliphatic heterocycles. The SMILES string of the molecule is Cc1ccc(O)c(S(=O)(=O)N2CCN(C(=O)C(NC(=O)Cc3ccccc3)C(C)C)CC2)c1. The topological polar surface area (TPSA) is 107 Å². The molecule has 0 radical (unpaired) electrons. The first kappa shape index (κ1) is 24.7. The van der Waals surface area contributed by atoms with Crippen molar-refractivity contribution in [2.75, 3.05) is 26.2 Å². The minimum absolute atomic E-state index is 0.115. The number of rotatable bonds is 7. The van der Waals surface area contributed by atoms with Crippen LogP contribution in [0.1, 0.15) is 25.0 Å². The van der Waals surface area contributed by atoms with Gasteiger partial charge in [-0.15, -0.1) is 0 Å². The number of phenolic OH excluding ortho intramolecular Hbond substituents is 1. The summed E-state index contributed by atoms with van der Waals surface area (Å²) in [6, 6.07) is 13.1. The van der Waals surface area contributed by atoms with Crippen LogP contribution in [-0.2, 0) is 26.0 Å². The monoisotopic (exact) mass is 473 g/mol. The highest BCUT2D eigenvalue weighted by molar-refractivity contribution is 7.89. The molecule has 0 aliphatic carbocycles. The van der Waals surface area contributed by atoms with E-state index in [2.05, 4.69) is 5.32 Å². The zero-order valence-corrected chi connectivity index (χ0v) is 20.0. The van der Waals surface area contributed by atoms with Crippen LogP contribution in [0, 0.1) is 12.8 Å². The van der Waals surface area contributed by atoms with E-state index in [0.29, 0.717) is 0 Å². The Morgan fingerprint density at radius 2 is 1.67 bits per heavy atom. The van der Waals surface area contributed by atoms with Crippen LogP contribution in [-0.4, -0.2) is 66.8 Å². The lowest BCUT2D eigenvalue weighted by Gasteiger charge is -2.36. The molecular formula is C24H31N3O5S. The smallest absolute Gasteiger partial charge is 0.246 e. The summed E-state index contributed by atoms with van der Waals surface area (Å²) in [4.78, 5) is 27.1. The molecule has 1 aliphatic rings. The third-order valence-corrected chi connectivity index (χ3v) is 7.67. The number of hydrogen-bond donors (Lipinski definition) is 2. The van der Waals surface area contributed by atoms with E-state index in [4.69, 9.17) is 0 Å². The Labute approximate surface area is 195 Å². The molecule has 3 rings (SSSR count). The molecule has 1 saturated heterocycles. The summed E-state index contributed by atoms with van der Waals surface area (Å²) in [6.45, 7) is 6.14. The molecule has 0 saturated carbocycles. The lowest BCUT2D eigenvalue weighted by Crippen LogP contribution is -2.57. The van der Waals surface area contributed by atoms with Gasteiger partial charge in [0.1, 0.15) is 16.7 Å². The Kier molecular flexibility index (Phi) is 7.76. The first-order chi connectivity index (χ1) is 15.6. The second-order valence-electron chi connectivity index (χ2n) is 8.65. The van der Waals surface area contributed by atoms with Gasteiger partial charge < -0.3 is 15.3 Å². The molecule has 2 aromatic rings. The maximum absolute atomic E-state index is 13.2. The van der Waals surface area contributed by atoms with Gasteiger partial charge in [0.25, 0.3) is 0 Å². The van der Waals surface area contributed by atoms with Crippen LogP contribution in [0.5, 0.6) is 5.75 Å². The predicted octanol–water partition coefficient (Wildman–Crippen LogP) is 1.92. The zero-order valence-electron chi connectivity index (χ0n) is 19.2. The number of nitrogens with zero attached hydrogens (tertiary/aromatic N) is 2. The standard InChI is InChI=1S/C24H31N3O5S/c1-17(2)23(25-22(29)16-19-7-5-4-6-8-19)24(30)26-11-13-27(14-12-26)33(31,32)21-15-18(3)9-10-20(21)28/h4-10,15,17,23,28H,11-14,16H2,1-3H3,(H,25,29). The largest absolute Gasteiger partial charge is 0.507 e. The van der Waals surface area contributed by atoms with Crippen LogP contribution >= 0.6 is 0 Å². The van der Waals surface area contributed by atoms with Crippen LogP contribution < -0.4 is 5.32 Å². The number of benzene rings is 2. The minimum atomic E-state index is -3.88. The fourth-order valence-corrected chi connectivity index (χ4v) is 5.42. The van der Waals surface area contributed by atoms with E-state index in [1.807, 2.05) is 44.2 Å². The molecule has 8 nitrogen and oxygen atoms in total. The second-order valence-corrected chi connectivity index (χ2v) is 10.6. The molecule has 9 heteroatoms. The average Bonchev–Trinajstić information content (AvgIpc) is 2.79. The molecule has 2 N–H and O–H groups in total. The molecule has 1 fully saturated rings. The first-order valence-electron chi connectivity index (χ1n) is 11.0. The summed E-state index contributed by atoms with van der Waals surface area (Å²) < 4.78 is 27.3. The zero-order chi connectivity index (χ0) is 24.2. The van der Waals surface area contributed by atoms with Crippen molar-refractivity contribution in [2.24, 2.45) is 5.92 Å². The lowest BCUT2D eigenvalue weighted by molar-refractivity contribution is -0.138. The van der Waals surface area contributed by atoms with Crippen LogP contribution in [0.3, 0.4) is 0 Å². The van der Waals surface area contributed by atoms with E-state index >= 15 is 0 Å². The van der Waals surface area contributed by atoms with E-state index in [1.54, 1.807) is 17.9 Å². The minimum Gasteiger partial charge on any atom is -0.507 e. The van der Waals surface area contributed by atoms with Gasteiger partial charge in [-0.3, -0.25) is 9.59 Å². The number of carbonyl (C=O) groups excluding carboxylic acids is 2. The maximum atomic E-state index is 13.2. The van der Waals surface area contributed by atoms with Gasteiger partial charge in [0, 0.05) is 26.2 Å². The van der Waals surface area contributed by atoms with Gasteiger partial charge in [0.2, 0.25) is 21.8 Å². The van der Waals surface area contributed by atoms with Crippen molar-refractivity contribution >= 4 is 21.8 Å². The van der Waals surface area contributed by atoms with E-state index in [-0.39, 0.29) is 61.0 Å². The van der Waals surface area contributed by atoms with Crippen LogP contribution in [0.25, 0.3) is 0 Å². The van der Waals surface area contributed by atoms with Gasteiger partial charge in [0.05, 0.1) is 6.42 Å². The maximum Gasteiger partial charge on any atom is 0.246 e. The van der Waals surface area contributed by atoms with Crippen molar-refractivity contribution in [3.63, 3.8) is 0 Å². The quantitative estimate of drug-likeness (QED) is 0.639. The summed E-state index contributed by atoms with van der Waals surface area (Å²) in [5.74, 6) is -0.866. The Balaban J connectivity index is 1.64. The van der Waals surface area contributed by atoms with Gasteiger partial charge in [0.15, 0.2) is 0 Å². The predicted molar refractivity (Wildman–Crippen MR) is 125 cm³/mol. The Hall–Kier alpha value is -2.91. The van der Waals surface area contributed by atoms with Gasteiger partial charge in [-0.2, -0.15) is 4.31 Å². The molecule has 33 heavy (non-hydrogen) atoms. The van der Waals surface area contributed by atoms with E-state index in [1.165, 1.54) is 16.4 Å². The number of amides is 2. The molecule has 1 unspecified atom stereocenters. The lowest BCUT2D eigenvalue weighted by atomic mass is 10.0. The first-order valence-corrected chi connectivity index (χ1v) is 12.5. The molecular weight excluding hydrogens is 442 g/mol. The summed E-state index contributed by atoms with van der Waals surface area (Å²) in [5.41, 5.74) is 1.59. The molecule has 178 valence electrons. The van der Waals surface area contributed by atoms with E-state index in [9.17, 15) is 23.1 Å². The third-order valence-electron chi connectivity index (χ3n) is 5.74. The number of phenols is 1. The fourth-order valence-electron chi connectivity index (χ4n) is 3.83. The highest BCUT2D eigenvalue weighted by Gasteiger charge is 2.35. The summed E-state index contributed by atoms with van der Waals surface area (Å²) in [5, 5.41) is 12.9. The number of nitrogens with one attached hydrogen (secondary N) is 1.